The highest BCUT2D eigenvalue weighted by atomic mass is 16.5. The predicted molar refractivity (Wildman–Crippen MR) is 70.4 cm³/mol. The zero-order chi connectivity index (χ0) is 11.5. The van der Waals surface area contributed by atoms with E-state index >= 15 is 0 Å². The molecule has 0 aliphatic carbocycles. The van der Waals surface area contributed by atoms with Gasteiger partial charge in [-0.3, -0.25) is 0 Å². The highest BCUT2D eigenvalue weighted by Gasteiger charge is 1.98. The third-order valence-corrected chi connectivity index (χ3v) is 3.08. The van der Waals surface area contributed by atoms with Crippen LogP contribution in [0.2, 0.25) is 0 Å². The van der Waals surface area contributed by atoms with Crippen LogP contribution in [0.5, 0.6) is 0 Å². The van der Waals surface area contributed by atoms with Crippen LogP contribution in [-0.4, -0.2) is 6.61 Å². The summed E-state index contributed by atoms with van der Waals surface area (Å²) in [5.74, 6) is 0. The van der Waals surface area contributed by atoms with Gasteiger partial charge in [-0.05, 0) is 24.5 Å². The van der Waals surface area contributed by atoms with Gasteiger partial charge in [0.05, 0.1) is 6.26 Å². The summed E-state index contributed by atoms with van der Waals surface area (Å²) < 4.78 is 5.26. The van der Waals surface area contributed by atoms with Crippen LogP contribution in [0, 0.1) is 0 Å². The Balaban J connectivity index is 1.84. The Bertz CT molecular complexity index is 215. The predicted octanol–water partition coefficient (Wildman–Crippen LogP) is 4.99. The normalized spacial score (nSPS) is 14.7. The largest absolute Gasteiger partial charge is 0.497 e. The van der Waals surface area contributed by atoms with Crippen LogP contribution in [0.3, 0.4) is 0 Å². The van der Waals surface area contributed by atoms with E-state index in [1.54, 1.807) is 0 Å². The molecule has 1 heterocycles. The molecule has 0 spiro atoms. The lowest BCUT2D eigenvalue weighted by molar-refractivity contribution is 0.281. The number of hydrogen-bond acceptors (Lipinski definition) is 1. The zero-order valence-electron chi connectivity index (χ0n) is 10.7. The van der Waals surface area contributed by atoms with Crippen molar-refractivity contribution < 1.29 is 4.74 Å². The van der Waals surface area contributed by atoms with E-state index in [1.165, 1.54) is 63.4 Å². The van der Waals surface area contributed by atoms with Crippen molar-refractivity contribution in [3.63, 3.8) is 0 Å². The molecule has 0 aromatic carbocycles. The first-order valence-corrected chi connectivity index (χ1v) is 6.90. The van der Waals surface area contributed by atoms with Gasteiger partial charge in [0, 0.05) is 0 Å². The van der Waals surface area contributed by atoms with E-state index in [9.17, 15) is 0 Å². The number of ether oxygens (including phenoxy) is 1. The van der Waals surface area contributed by atoms with E-state index in [1.807, 2.05) is 6.26 Å². The van der Waals surface area contributed by atoms with Crippen LogP contribution in [0.1, 0.15) is 64.7 Å². The van der Waals surface area contributed by atoms with Crippen molar-refractivity contribution in [2.45, 2.75) is 64.7 Å². The maximum absolute atomic E-state index is 5.26. The van der Waals surface area contributed by atoms with Gasteiger partial charge >= 0.3 is 0 Å². The van der Waals surface area contributed by atoms with Gasteiger partial charge in [-0.25, -0.2) is 0 Å². The van der Waals surface area contributed by atoms with Crippen molar-refractivity contribution in [2.24, 2.45) is 0 Å². The molecule has 0 saturated heterocycles. The Morgan fingerprint density at radius 3 is 2.31 bits per heavy atom. The summed E-state index contributed by atoms with van der Waals surface area (Å²) >= 11 is 0. The highest BCUT2D eigenvalue weighted by molar-refractivity contribution is 5.18. The second-order valence-electron chi connectivity index (χ2n) is 4.65. The average molecular weight is 222 g/mol. The Morgan fingerprint density at radius 2 is 1.69 bits per heavy atom. The second kappa shape index (κ2) is 9.50. The first-order valence-electron chi connectivity index (χ1n) is 6.90. The van der Waals surface area contributed by atoms with E-state index in [4.69, 9.17) is 4.74 Å². The molecule has 1 aliphatic rings. The molecule has 0 atom stereocenters. The van der Waals surface area contributed by atoms with Crippen LogP contribution < -0.4 is 0 Å². The number of rotatable bonds is 9. The molecule has 1 nitrogen and oxygen atoms in total. The van der Waals surface area contributed by atoms with E-state index in [0.29, 0.717) is 0 Å². The molecule has 1 heteroatoms. The van der Waals surface area contributed by atoms with Gasteiger partial charge in [0.2, 0.25) is 0 Å². The second-order valence-corrected chi connectivity index (χ2v) is 4.65. The van der Waals surface area contributed by atoms with E-state index < -0.39 is 0 Å². The fourth-order valence-corrected chi connectivity index (χ4v) is 2.05. The lowest BCUT2D eigenvalue weighted by Gasteiger charge is -2.07. The van der Waals surface area contributed by atoms with Crippen molar-refractivity contribution in [1.82, 2.24) is 0 Å². The smallest absolute Gasteiger partial charge is 0.106 e. The minimum atomic E-state index is 0.751. The van der Waals surface area contributed by atoms with Crippen molar-refractivity contribution in [3.05, 3.63) is 24.0 Å². The number of unbranched alkanes of at least 4 members (excludes halogenated alkanes) is 7. The summed E-state index contributed by atoms with van der Waals surface area (Å²) in [6, 6.07) is 0. The van der Waals surface area contributed by atoms with E-state index in [2.05, 4.69) is 19.1 Å². The van der Waals surface area contributed by atoms with Gasteiger partial charge in [-0.1, -0.05) is 57.9 Å². The first-order chi connectivity index (χ1) is 7.93. The molecular formula is C15H26O. The molecule has 92 valence electrons. The van der Waals surface area contributed by atoms with E-state index in [0.717, 1.165) is 6.61 Å². The summed E-state index contributed by atoms with van der Waals surface area (Å²) in [7, 11) is 0. The summed E-state index contributed by atoms with van der Waals surface area (Å²) in [5, 5.41) is 0. The maximum Gasteiger partial charge on any atom is 0.106 e. The third-order valence-electron chi connectivity index (χ3n) is 3.08. The van der Waals surface area contributed by atoms with Gasteiger partial charge in [0.15, 0.2) is 0 Å². The van der Waals surface area contributed by atoms with Gasteiger partial charge in [-0.2, -0.15) is 0 Å². The maximum atomic E-state index is 5.26. The van der Waals surface area contributed by atoms with E-state index in [-0.39, 0.29) is 0 Å². The number of allylic oxidation sites excluding steroid dienone is 2. The molecule has 0 N–H and O–H groups in total. The first kappa shape index (κ1) is 13.3. The van der Waals surface area contributed by atoms with Gasteiger partial charge < -0.3 is 4.74 Å². The molecule has 0 bridgehead atoms. The Labute approximate surface area is 101 Å². The molecule has 16 heavy (non-hydrogen) atoms. The minimum Gasteiger partial charge on any atom is -0.497 e. The molecule has 0 unspecified atom stereocenters. The summed E-state index contributed by atoms with van der Waals surface area (Å²) in [6.07, 6.45) is 18.5. The molecule has 0 aromatic heterocycles. The van der Waals surface area contributed by atoms with Crippen LogP contribution in [0.4, 0.5) is 0 Å². The van der Waals surface area contributed by atoms with Gasteiger partial charge in [-0.15, -0.1) is 0 Å². The monoisotopic (exact) mass is 222 g/mol. The lowest BCUT2D eigenvalue weighted by atomic mass is 10.0. The SMILES string of the molecule is CCCCCCCCCCC1=COCC=C1. The topological polar surface area (TPSA) is 9.23 Å². The molecule has 0 amide bonds. The molecule has 0 radical (unpaired) electrons. The third kappa shape index (κ3) is 6.71. The van der Waals surface area contributed by atoms with Crippen LogP contribution in [-0.2, 0) is 4.74 Å². The van der Waals surface area contributed by atoms with Crippen LogP contribution in [0.15, 0.2) is 24.0 Å². The Hall–Kier alpha value is -0.720. The minimum absolute atomic E-state index is 0.751. The highest BCUT2D eigenvalue weighted by Crippen LogP contribution is 2.15. The summed E-state index contributed by atoms with van der Waals surface area (Å²) in [4.78, 5) is 0. The van der Waals surface area contributed by atoms with Crippen molar-refractivity contribution in [1.29, 1.82) is 0 Å². The molecule has 0 aromatic rings. The Kier molecular flexibility index (Phi) is 7.93. The van der Waals surface area contributed by atoms with Gasteiger partial charge in [0.1, 0.15) is 6.61 Å². The van der Waals surface area contributed by atoms with Crippen LogP contribution >= 0.6 is 0 Å². The molecule has 0 fully saturated rings. The number of hydrogen-bond donors (Lipinski definition) is 0. The summed E-state index contributed by atoms with van der Waals surface area (Å²) in [5.41, 5.74) is 1.36. The van der Waals surface area contributed by atoms with Crippen molar-refractivity contribution >= 4 is 0 Å². The van der Waals surface area contributed by atoms with Crippen LogP contribution in [0.25, 0.3) is 0 Å². The van der Waals surface area contributed by atoms with Crippen molar-refractivity contribution in [2.75, 3.05) is 6.61 Å². The Morgan fingerprint density at radius 1 is 1.00 bits per heavy atom. The standard InChI is InChI=1S/C15H26O/c1-2-3-4-5-6-7-8-9-11-15-12-10-13-16-14-15/h10,12,14H,2-9,11,13H2,1H3. The summed E-state index contributed by atoms with van der Waals surface area (Å²) in [6.45, 7) is 3.02. The quantitative estimate of drug-likeness (QED) is 0.499. The average Bonchev–Trinajstić information content (AvgIpc) is 2.34. The molecule has 1 aliphatic heterocycles. The molecule has 1 rings (SSSR count). The fourth-order valence-electron chi connectivity index (χ4n) is 2.05. The molecule has 0 saturated carbocycles. The zero-order valence-corrected chi connectivity index (χ0v) is 10.7. The van der Waals surface area contributed by atoms with Crippen molar-refractivity contribution in [3.8, 4) is 0 Å². The fraction of sp³-hybridized carbons (Fsp3) is 0.733. The van der Waals surface area contributed by atoms with Gasteiger partial charge in [0.25, 0.3) is 0 Å². The lowest BCUT2D eigenvalue weighted by Crippen LogP contribution is -1.92. The molecular weight excluding hydrogens is 196 g/mol.